The van der Waals surface area contributed by atoms with Gasteiger partial charge in [-0.05, 0) is 63.6 Å². The second-order valence-corrected chi connectivity index (χ2v) is 11.6. The molecule has 3 heterocycles. The second-order valence-electron chi connectivity index (χ2n) is 11.6. The Labute approximate surface area is 247 Å². The zero-order valence-electron chi connectivity index (χ0n) is 23.9. The maximum Gasteiger partial charge on any atom is 0.204 e. The minimum absolute atomic E-state index is 0.0561. The summed E-state index contributed by atoms with van der Waals surface area (Å²) < 4.78 is 24.6. The van der Waals surface area contributed by atoms with E-state index in [4.69, 9.17) is 18.3 Å². The van der Waals surface area contributed by atoms with E-state index in [0.717, 1.165) is 12.1 Å². The van der Waals surface area contributed by atoms with Crippen molar-refractivity contribution in [2.24, 2.45) is 0 Å². The lowest BCUT2D eigenvalue weighted by Gasteiger charge is -2.30. The van der Waals surface area contributed by atoms with Crippen molar-refractivity contribution in [2.75, 3.05) is 0 Å². The first-order chi connectivity index (χ1) is 20.8. The maximum atomic E-state index is 13.7. The number of rotatable bonds is 3. The van der Waals surface area contributed by atoms with Gasteiger partial charge in [-0.15, -0.1) is 0 Å². The molecule has 0 aliphatic carbocycles. The summed E-state index contributed by atoms with van der Waals surface area (Å²) in [6.45, 7) is 6.39. The summed E-state index contributed by atoms with van der Waals surface area (Å²) in [6.07, 6.45) is -2.20. The number of phenols is 4. The van der Waals surface area contributed by atoms with Crippen LogP contribution in [0.4, 0.5) is 0 Å². The Balaban J connectivity index is 1.48. The second kappa shape index (κ2) is 9.04. The van der Waals surface area contributed by atoms with Crippen molar-refractivity contribution in [3.63, 3.8) is 0 Å². The average Bonchev–Trinajstić information content (AvgIpc) is 3.31. The summed E-state index contributed by atoms with van der Waals surface area (Å²) in [7, 11) is 0. The predicted molar refractivity (Wildman–Crippen MR) is 160 cm³/mol. The van der Waals surface area contributed by atoms with Crippen molar-refractivity contribution in [1.82, 2.24) is 0 Å². The molecule has 0 radical (unpaired) electrons. The van der Waals surface area contributed by atoms with Crippen molar-refractivity contribution in [2.45, 2.75) is 45.5 Å². The first kappa shape index (κ1) is 27.4. The van der Waals surface area contributed by atoms with E-state index < -0.39 is 34.7 Å². The molecule has 0 bridgehead atoms. The van der Waals surface area contributed by atoms with E-state index >= 15 is 0 Å². The summed E-state index contributed by atoms with van der Waals surface area (Å²) in [5, 5.41) is 53.2. The highest BCUT2D eigenvalue weighted by Crippen LogP contribution is 2.49. The van der Waals surface area contributed by atoms with Gasteiger partial charge >= 0.3 is 0 Å². The van der Waals surface area contributed by atoms with E-state index in [1.807, 2.05) is 0 Å². The summed E-state index contributed by atoms with van der Waals surface area (Å²) in [4.78, 5) is 26.9. The average molecular weight is 599 g/mol. The molecule has 0 saturated heterocycles. The van der Waals surface area contributed by atoms with Gasteiger partial charge in [0.1, 0.15) is 45.1 Å². The third-order valence-corrected chi connectivity index (χ3v) is 8.14. The molecule has 1 aliphatic heterocycles. The number of aromatic hydroxyl groups is 4. The molecule has 0 spiro atoms. The van der Waals surface area contributed by atoms with Crippen LogP contribution in [0.5, 0.6) is 34.5 Å². The maximum absolute atomic E-state index is 13.7. The van der Waals surface area contributed by atoms with Crippen molar-refractivity contribution in [3.8, 4) is 34.5 Å². The number of hydrogen-bond acceptors (Lipinski definition) is 11. The first-order valence-electron chi connectivity index (χ1n) is 13.7. The van der Waals surface area contributed by atoms with E-state index in [-0.39, 0.29) is 72.3 Å². The molecule has 0 fully saturated rings. The Morgan fingerprint density at radius 1 is 0.795 bits per heavy atom. The molecule has 224 valence electrons. The number of phenolic OH excluding ortho intramolecular Hbond substituents is 4. The summed E-state index contributed by atoms with van der Waals surface area (Å²) in [5.41, 5.74) is -1.37. The fraction of sp³-hybridized carbons (Fsp3) is 0.212. The lowest BCUT2D eigenvalue weighted by atomic mass is 9.92. The van der Waals surface area contributed by atoms with Crippen LogP contribution in [0.25, 0.3) is 43.9 Å². The van der Waals surface area contributed by atoms with E-state index in [1.165, 1.54) is 38.1 Å². The van der Waals surface area contributed by atoms with Gasteiger partial charge in [-0.3, -0.25) is 9.59 Å². The molecule has 2 aromatic heterocycles. The zero-order valence-corrected chi connectivity index (χ0v) is 23.9. The van der Waals surface area contributed by atoms with Crippen molar-refractivity contribution < 1.29 is 43.8 Å². The van der Waals surface area contributed by atoms with Crippen LogP contribution >= 0.6 is 0 Å². The molecule has 0 unspecified atom stereocenters. The molecule has 1 aliphatic rings. The van der Waals surface area contributed by atoms with Gasteiger partial charge in [-0.2, -0.15) is 0 Å². The molecule has 2 atom stereocenters. The molecule has 44 heavy (non-hydrogen) atoms. The zero-order chi connectivity index (χ0) is 31.4. The van der Waals surface area contributed by atoms with Gasteiger partial charge in [-0.25, -0.2) is 0 Å². The van der Waals surface area contributed by atoms with E-state index in [2.05, 4.69) is 0 Å². The van der Waals surface area contributed by atoms with Gasteiger partial charge < -0.3 is 43.8 Å². The molecule has 11 nitrogen and oxygen atoms in total. The van der Waals surface area contributed by atoms with E-state index in [1.54, 1.807) is 19.9 Å². The largest absolute Gasteiger partial charge is 0.508 e. The number of ether oxygens (including phenoxy) is 2. The molecule has 5 N–H and O–H groups in total. The molecule has 6 aromatic rings. The van der Waals surface area contributed by atoms with E-state index in [9.17, 15) is 35.1 Å². The third kappa shape index (κ3) is 3.79. The van der Waals surface area contributed by atoms with E-state index in [0.29, 0.717) is 16.7 Å². The summed E-state index contributed by atoms with van der Waals surface area (Å²) >= 11 is 0. The molecular formula is C33H26O11. The summed E-state index contributed by atoms with van der Waals surface area (Å²) in [6, 6.07) is 9.40. The topological polar surface area (TPSA) is 180 Å². The Bertz CT molecular complexity index is 2340. The van der Waals surface area contributed by atoms with Crippen molar-refractivity contribution in [3.05, 3.63) is 79.6 Å². The number of hydrogen-bond donors (Lipinski definition) is 5. The number of aryl methyl sites for hydroxylation is 2. The third-order valence-electron chi connectivity index (χ3n) is 8.14. The van der Waals surface area contributed by atoms with Crippen LogP contribution in [-0.2, 0) is 0 Å². The highest BCUT2D eigenvalue weighted by atomic mass is 16.6. The number of benzene rings is 4. The number of fused-ring (bicyclic) bond motifs is 6. The van der Waals surface area contributed by atoms with Gasteiger partial charge in [0, 0.05) is 17.7 Å². The molecule has 4 aromatic carbocycles. The SMILES string of the molecule is Cc1c(O)ccc2c(=O)c3c(C)cc4c(c3oc12)[C@H](Oc1ccc2c(=O)c3c(O)cc(O)cc3oc2c1O)[C@@H](C(C)(C)O)O4. The monoisotopic (exact) mass is 598 g/mol. The highest BCUT2D eigenvalue weighted by molar-refractivity contribution is 5.97. The Morgan fingerprint density at radius 3 is 2.20 bits per heavy atom. The standard InChI is InChI=1S/C33H26O11/c1-12-9-20-24(30-22(12)25(37)15-5-7-17(35)13(2)28(15)44-30)31(32(43-20)33(3,4)40)41-19-8-6-16-26(38)23-18(36)10-14(34)11-21(23)42-29(16)27(19)39/h5-11,31-32,34-36,39-40H,1-4H3/t31-,32-/m0/s1. The Kier molecular flexibility index (Phi) is 5.63. The Hall–Kier alpha value is -5.42. The van der Waals surface area contributed by atoms with Crippen LogP contribution in [0.1, 0.15) is 36.6 Å². The lowest BCUT2D eigenvalue weighted by Crippen LogP contribution is -2.43. The van der Waals surface area contributed by atoms with Crippen LogP contribution in [0, 0.1) is 13.8 Å². The van der Waals surface area contributed by atoms with Crippen molar-refractivity contribution >= 4 is 43.9 Å². The molecule has 0 saturated carbocycles. The normalized spacial score (nSPS) is 16.6. The number of aliphatic hydroxyl groups is 1. The molecular weight excluding hydrogens is 572 g/mol. The molecule has 7 rings (SSSR count). The quantitative estimate of drug-likeness (QED) is 0.167. The van der Waals surface area contributed by atoms with Gasteiger partial charge in [0.2, 0.25) is 16.6 Å². The van der Waals surface area contributed by atoms with Crippen LogP contribution in [0.15, 0.2) is 60.9 Å². The summed E-state index contributed by atoms with van der Waals surface area (Å²) in [5.74, 6) is -1.31. The Morgan fingerprint density at radius 2 is 1.48 bits per heavy atom. The lowest BCUT2D eigenvalue weighted by molar-refractivity contribution is -0.0693. The molecule has 0 amide bonds. The van der Waals surface area contributed by atoms with Crippen LogP contribution < -0.4 is 20.3 Å². The van der Waals surface area contributed by atoms with Gasteiger partial charge in [0.25, 0.3) is 0 Å². The van der Waals surface area contributed by atoms with Crippen LogP contribution in [-0.4, -0.2) is 37.2 Å². The minimum atomic E-state index is -1.50. The smallest absolute Gasteiger partial charge is 0.204 e. The highest BCUT2D eigenvalue weighted by Gasteiger charge is 2.47. The van der Waals surface area contributed by atoms with Gasteiger partial charge in [0.15, 0.2) is 23.5 Å². The van der Waals surface area contributed by atoms with Gasteiger partial charge in [-0.1, -0.05) is 0 Å². The predicted octanol–water partition coefficient (Wildman–Crippen LogP) is 5.30. The van der Waals surface area contributed by atoms with Crippen LogP contribution in [0.2, 0.25) is 0 Å². The fourth-order valence-electron chi connectivity index (χ4n) is 5.95. The van der Waals surface area contributed by atoms with Crippen molar-refractivity contribution in [1.29, 1.82) is 0 Å². The molecule has 11 heteroatoms. The minimum Gasteiger partial charge on any atom is -0.508 e. The first-order valence-corrected chi connectivity index (χ1v) is 13.7. The van der Waals surface area contributed by atoms with Crippen LogP contribution in [0.3, 0.4) is 0 Å². The fourth-order valence-corrected chi connectivity index (χ4v) is 5.95. The van der Waals surface area contributed by atoms with Gasteiger partial charge in [0.05, 0.1) is 27.3 Å².